The highest BCUT2D eigenvalue weighted by atomic mass is 32.2. The second-order valence-corrected chi connectivity index (χ2v) is 6.09. The lowest BCUT2D eigenvalue weighted by molar-refractivity contribution is 0.445. The minimum absolute atomic E-state index is 0.215. The van der Waals surface area contributed by atoms with Crippen molar-refractivity contribution in [2.24, 2.45) is 0 Å². The van der Waals surface area contributed by atoms with Crippen LogP contribution in [0.1, 0.15) is 19.3 Å². The number of sulfonamides is 1. The Bertz CT molecular complexity index is 509. The number of rotatable bonds is 4. The molecular formula is C11H17N3O2S. The van der Waals surface area contributed by atoms with Crippen LogP contribution in [0.15, 0.2) is 23.1 Å². The van der Waals surface area contributed by atoms with Crippen LogP contribution in [-0.4, -0.2) is 21.5 Å². The van der Waals surface area contributed by atoms with Gasteiger partial charge in [-0.1, -0.05) is 0 Å². The molecule has 94 valence electrons. The van der Waals surface area contributed by atoms with Gasteiger partial charge in [-0.05, 0) is 44.5 Å². The SMILES string of the molecule is CNS(=O)(=O)c1cc(N)ccc1NC1CCC1. The first-order valence-corrected chi connectivity index (χ1v) is 7.11. The fourth-order valence-corrected chi connectivity index (χ4v) is 2.69. The molecule has 0 spiro atoms. The molecule has 1 aliphatic carbocycles. The summed E-state index contributed by atoms with van der Waals surface area (Å²) in [5.74, 6) is 0. The molecule has 17 heavy (non-hydrogen) atoms. The van der Waals surface area contributed by atoms with Crippen molar-refractivity contribution in [2.75, 3.05) is 18.1 Å². The van der Waals surface area contributed by atoms with Crippen LogP contribution >= 0.6 is 0 Å². The van der Waals surface area contributed by atoms with Crippen molar-refractivity contribution < 1.29 is 8.42 Å². The van der Waals surface area contributed by atoms with Gasteiger partial charge in [-0.25, -0.2) is 13.1 Å². The van der Waals surface area contributed by atoms with Gasteiger partial charge in [-0.15, -0.1) is 0 Å². The number of nitrogens with one attached hydrogen (secondary N) is 2. The highest BCUT2D eigenvalue weighted by molar-refractivity contribution is 7.89. The number of hydrogen-bond donors (Lipinski definition) is 3. The zero-order valence-corrected chi connectivity index (χ0v) is 10.5. The van der Waals surface area contributed by atoms with Crippen molar-refractivity contribution in [1.82, 2.24) is 4.72 Å². The topological polar surface area (TPSA) is 84.2 Å². The van der Waals surface area contributed by atoms with E-state index in [0.29, 0.717) is 17.4 Å². The summed E-state index contributed by atoms with van der Waals surface area (Å²) in [7, 11) is -2.08. The molecule has 1 aliphatic rings. The van der Waals surface area contributed by atoms with E-state index >= 15 is 0 Å². The predicted molar refractivity (Wildman–Crippen MR) is 68.4 cm³/mol. The van der Waals surface area contributed by atoms with Gasteiger partial charge in [0.1, 0.15) is 4.90 Å². The molecular weight excluding hydrogens is 238 g/mol. The van der Waals surface area contributed by atoms with Crippen molar-refractivity contribution >= 4 is 21.4 Å². The van der Waals surface area contributed by atoms with Crippen LogP contribution in [0.4, 0.5) is 11.4 Å². The largest absolute Gasteiger partial charge is 0.399 e. The quantitative estimate of drug-likeness (QED) is 0.704. The van der Waals surface area contributed by atoms with Crippen molar-refractivity contribution in [1.29, 1.82) is 0 Å². The Morgan fingerprint density at radius 2 is 2.06 bits per heavy atom. The molecule has 1 fully saturated rings. The van der Waals surface area contributed by atoms with E-state index in [-0.39, 0.29) is 4.90 Å². The Kier molecular flexibility index (Phi) is 3.26. The highest BCUT2D eigenvalue weighted by Crippen LogP contribution is 2.28. The van der Waals surface area contributed by atoms with E-state index in [1.807, 2.05) is 0 Å². The molecule has 1 aromatic carbocycles. The smallest absolute Gasteiger partial charge is 0.242 e. The summed E-state index contributed by atoms with van der Waals surface area (Å²) < 4.78 is 26.0. The Labute approximate surface area is 101 Å². The van der Waals surface area contributed by atoms with E-state index < -0.39 is 10.0 Å². The van der Waals surface area contributed by atoms with Gasteiger partial charge >= 0.3 is 0 Å². The first-order chi connectivity index (χ1) is 8.03. The maximum atomic E-state index is 11.9. The second kappa shape index (κ2) is 4.54. The lowest BCUT2D eigenvalue weighted by Gasteiger charge is -2.28. The van der Waals surface area contributed by atoms with E-state index in [0.717, 1.165) is 12.8 Å². The first-order valence-electron chi connectivity index (χ1n) is 5.62. The number of hydrogen-bond acceptors (Lipinski definition) is 4. The highest BCUT2D eigenvalue weighted by Gasteiger charge is 2.22. The van der Waals surface area contributed by atoms with Crippen LogP contribution in [0.25, 0.3) is 0 Å². The number of benzene rings is 1. The lowest BCUT2D eigenvalue weighted by Crippen LogP contribution is -2.29. The van der Waals surface area contributed by atoms with Gasteiger partial charge in [-0.3, -0.25) is 0 Å². The maximum Gasteiger partial charge on any atom is 0.242 e. The summed E-state index contributed by atoms with van der Waals surface area (Å²) in [6.45, 7) is 0. The number of nitrogens with two attached hydrogens (primary N) is 1. The Morgan fingerprint density at radius 3 is 2.59 bits per heavy atom. The Morgan fingerprint density at radius 1 is 1.35 bits per heavy atom. The molecule has 1 aromatic rings. The standard InChI is InChI=1S/C11H17N3O2S/c1-13-17(15,16)11-7-8(12)5-6-10(11)14-9-3-2-4-9/h5-7,9,13-14H,2-4,12H2,1H3. The molecule has 0 radical (unpaired) electrons. The summed E-state index contributed by atoms with van der Waals surface area (Å²) in [4.78, 5) is 0.215. The maximum absolute atomic E-state index is 11.9. The summed E-state index contributed by atoms with van der Waals surface area (Å²) in [5.41, 5.74) is 6.70. The molecule has 0 bridgehead atoms. The Hall–Kier alpha value is -1.27. The third kappa shape index (κ3) is 2.53. The molecule has 0 unspecified atom stereocenters. The normalized spacial score (nSPS) is 16.5. The third-order valence-corrected chi connectivity index (χ3v) is 4.48. The van der Waals surface area contributed by atoms with Crippen LogP contribution in [-0.2, 0) is 10.0 Å². The van der Waals surface area contributed by atoms with Crippen molar-refractivity contribution in [3.8, 4) is 0 Å². The fraction of sp³-hybridized carbons (Fsp3) is 0.455. The summed E-state index contributed by atoms with van der Waals surface area (Å²) in [6.07, 6.45) is 3.37. The molecule has 4 N–H and O–H groups in total. The average molecular weight is 255 g/mol. The lowest BCUT2D eigenvalue weighted by atomic mass is 9.93. The van der Waals surface area contributed by atoms with E-state index in [4.69, 9.17) is 5.73 Å². The summed E-state index contributed by atoms with van der Waals surface area (Å²) in [6, 6.07) is 5.28. The van der Waals surface area contributed by atoms with Crippen LogP contribution < -0.4 is 15.8 Å². The van der Waals surface area contributed by atoms with Crippen LogP contribution in [0.5, 0.6) is 0 Å². The third-order valence-electron chi connectivity index (χ3n) is 3.03. The molecule has 0 heterocycles. The van der Waals surface area contributed by atoms with E-state index in [1.165, 1.54) is 19.5 Å². The summed E-state index contributed by atoms with van der Waals surface area (Å²) >= 11 is 0. The van der Waals surface area contributed by atoms with Crippen LogP contribution in [0.3, 0.4) is 0 Å². The minimum atomic E-state index is -3.47. The van der Waals surface area contributed by atoms with Crippen molar-refractivity contribution in [3.05, 3.63) is 18.2 Å². The predicted octanol–water partition coefficient (Wildman–Crippen LogP) is 1.14. The molecule has 0 aromatic heterocycles. The molecule has 0 atom stereocenters. The van der Waals surface area contributed by atoms with Crippen molar-refractivity contribution in [2.45, 2.75) is 30.2 Å². The van der Waals surface area contributed by atoms with Gasteiger partial charge in [-0.2, -0.15) is 0 Å². The van der Waals surface area contributed by atoms with Gasteiger partial charge in [0.2, 0.25) is 10.0 Å². The molecule has 5 nitrogen and oxygen atoms in total. The van der Waals surface area contributed by atoms with E-state index in [2.05, 4.69) is 10.0 Å². The minimum Gasteiger partial charge on any atom is -0.399 e. The van der Waals surface area contributed by atoms with E-state index in [1.54, 1.807) is 12.1 Å². The zero-order valence-electron chi connectivity index (χ0n) is 9.73. The second-order valence-electron chi connectivity index (χ2n) is 4.24. The average Bonchev–Trinajstić information content (AvgIpc) is 2.25. The van der Waals surface area contributed by atoms with Gasteiger partial charge in [0.15, 0.2) is 0 Å². The van der Waals surface area contributed by atoms with Gasteiger partial charge in [0.05, 0.1) is 5.69 Å². The van der Waals surface area contributed by atoms with Gasteiger partial charge in [0, 0.05) is 11.7 Å². The molecule has 0 aliphatic heterocycles. The van der Waals surface area contributed by atoms with Crippen molar-refractivity contribution in [3.63, 3.8) is 0 Å². The molecule has 6 heteroatoms. The van der Waals surface area contributed by atoms with E-state index in [9.17, 15) is 8.42 Å². The first kappa shape index (κ1) is 12.2. The zero-order chi connectivity index (χ0) is 12.5. The summed E-state index contributed by atoms with van der Waals surface area (Å²) in [5, 5.41) is 3.24. The van der Waals surface area contributed by atoms with Gasteiger partial charge < -0.3 is 11.1 Å². The molecule has 0 amide bonds. The number of nitrogen functional groups attached to an aromatic ring is 1. The van der Waals surface area contributed by atoms with Crippen LogP contribution in [0.2, 0.25) is 0 Å². The number of anilines is 2. The Balaban J connectivity index is 2.36. The molecule has 0 saturated heterocycles. The molecule has 1 saturated carbocycles. The van der Waals surface area contributed by atoms with Crippen LogP contribution in [0, 0.1) is 0 Å². The fourth-order valence-electron chi connectivity index (χ4n) is 1.76. The van der Waals surface area contributed by atoms with Gasteiger partial charge in [0.25, 0.3) is 0 Å². The monoisotopic (exact) mass is 255 g/mol. The molecule has 2 rings (SSSR count).